The highest BCUT2D eigenvalue weighted by atomic mass is 35.5. The molecule has 0 spiro atoms. The van der Waals surface area contributed by atoms with Gasteiger partial charge in [0.25, 0.3) is 0 Å². The number of quaternary nitrogens is 1. The molecular formula is C20H25Cl2N2O2+. The minimum absolute atomic E-state index is 0.229. The van der Waals surface area contributed by atoms with Gasteiger partial charge in [0.2, 0.25) is 0 Å². The molecule has 140 valence electrons. The normalized spacial score (nSPS) is 16.5. The van der Waals surface area contributed by atoms with E-state index < -0.39 is 6.10 Å². The van der Waals surface area contributed by atoms with Crippen molar-refractivity contribution in [1.29, 1.82) is 0 Å². The summed E-state index contributed by atoms with van der Waals surface area (Å²) in [5.41, 5.74) is 2.55. The second-order valence-corrected chi connectivity index (χ2v) is 7.66. The summed E-state index contributed by atoms with van der Waals surface area (Å²) in [6.07, 6.45) is -0.525. The van der Waals surface area contributed by atoms with Gasteiger partial charge in [0.15, 0.2) is 0 Å². The van der Waals surface area contributed by atoms with Crippen molar-refractivity contribution in [3.8, 4) is 5.75 Å². The fourth-order valence-corrected chi connectivity index (χ4v) is 3.67. The van der Waals surface area contributed by atoms with Crippen molar-refractivity contribution < 1.29 is 14.7 Å². The van der Waals surface area contributed by atoms with Crippen molar-refractivity contribution in [3.05, 3.63) is 58.1 Å². The Hall–Kier alpha value is -1.46. The summed E-state index contributed by atoms with van der Waals surface area (Å²) in [6.45, 7) is 7.01. The number of rotatable bonds is 6. The summed E-state index contributed by atoms with van der Waals surface area (Å²) < 4.78 is 5.63. The third kappa shape index (κ3) is 5.27. The van der Waals surface area contributed by atoms with Gasteiger partial charge in [-0.1, -0.05) is 40.9 Å². The number of aliphatic hydroxyl groups is 1. The molecule has 0 aromatic heterocycles. The van der Waals surface area contributed by atoms with Crippen LogP contribution >= 0.6 is 23.2 Å². The molecule has 26 heavy (non-hydrogen) atoms. The number of ether oxygens (including phenoxy) is 1. The molecule has 0 bridgehead atoms. The predicted molar refractivity (Wildman–Crippen MR) is 107 cm³/mol. The van der Waals surface area contributed by atoms with E-state index in [1.165, 1.54) is 16.2 Å². The Labute approximate surface area is 164 Å². The summed E-state index contributed by atoms with van der Waals surface area (Å²) in [5.74, 6) is 0.550. The zero-order valence-electron chi connectivity index (χ0n) is 14.9. The third-order valence-electron chi connectivity index (χ3n) is 4.72. The van der Waals surface area contributed by atoms with E-state index in [0.29, 0.717) is 22.3 Å². The summed E-state index contributed by atoms with van der Waals surface area (Å²) in [4.78, 5) is 3.80. The van der Waals surface area contributed by atoms with Gasteiger partial charge in [-0.25, -0.2) is 0 Å². The van der Waals surface area contributed by atoms with Crippen LogP contribution in [-0.2, 0) is 0 Å². The first-order chi connectivity index (χ1) is 12.5. The lowest BCUT2D eigenvalue weighted by atomic mass is 10.2. The number of hydrogen-bond donors (Lipinski definition) is 2. The largest absolute Gasteiger partial charge is 0.489 e. The van der Waals surface area contributed by atoms with Gasteiger partial charge in [0.05, 0.1) is 31.2 Å². The number of halogens is 2. The number of hydrogen-bond acceptors (Lipinski definition) is 3. The van der Waals surface area contributed by atoms with Crippen LogP contribution in [0.2, 0.25) is 10.0 Å². The van der Waals surface area contributed by atoms with E-state index >= 15 is 0 Å². The monoisotopic (exact) mass is 395 g/mol. The molecule has 1 atom stereocenters. The van der Waals surface area contributed by atoms with E-state index in [0.717, 1.165) is 26.2 Å². The number of nitrogens with one attached hydrogen (secondary N) is 1. The SMILES string of the molecule is Cc1ccc(N2CC[NH+](C[C@@H](O)COc3ccc(Cl)cc3Cl)CC2)cc1. The quantitative estimate of drug-likeness (QED) is 0.788. The number of nitrogens with zero attached hydrogens (tertiary/aromatic N) is 1. The van der Waals surface area contributed by atoms with Crippen LogP contribution in [0.4, 0.5) is 5.69 Å². The van der Waals surface area contributed by atoms with Gasteiger partial charge in [-0.05, 0) is 37.3 Å². The van der Waals surface area contributed by atoms with Crippen molar-refractivity contribution in [2.45, 2.75) is 13.0 Å². The molecule has 2 aromatic carbocycles. The highest BCUT2D eigenvalue weighted by Crippen LogP contribution is 2.27. The number of aliphatic hydroxyl groups excluding tert-OH is 1. The van der Waals surface area contributed by atoms with Gasteiger partial charge in [-0.15, -0.1) is 0 Å². The lowest BCUT2D eigenvalue weighted by Gasteiger charge is -2.34. The van der Waals surface area contributed by atoms with E-state index in [2.05, 4.69) is 36.1 Å². The fraction of sp³-hybridized carbons (Fsp3) is 0.400. The van der Waals surface area contributed by atoms with Crippen LogP contribution in [0.1, 0.15) is 5.56 Å². The predicted octanol–water partition coefficient (Wildman–Crippen LogP) is 2.45. The van der Waals surface area contributed by atoms with Gasteiger partial charge in [-0.3, -0.25) is 0 Å². The first-order valence-electron chi connectivity index (χ1n) is 8.92. The maximum atomic E-state index is 10.3. The van der Waals surface area contributed by atoms with Crippen molar-refractivity contribution in [1.82, 2.24) is 0 Å². The maximum Gasteiger partial charge on any atom is 0.138 e. The van der Waals surface area contributed by atoms with Crippen LogP contribution in [0.25, 0.3) is 0 Å². The molecule has 1 heterocycles. The molecular weight excluding hydrogens is 371 g/mol. The second-order valence-electron chi connectivity index (χ2n) is 6.82. The summed E-state index contributed by atoms with van der Waals surface area (Å²) in [5, 5.41) is 11.3. The van der Waals surface area contributed by atoms with Crippen LogP contribution in [0, 0.1) is 6.92 Å². The van der Waals surface area contributed by atoms with Gasteiger partial charge in [-0.2, -0.15) is 0 Å². The first kappa shape index (κ1) is 19.3. The fourth-order valence-electron chi connectivity index (χ4n) is 3.21. The smallest absolute Gasteiger partial charge is 0.138 e. The van der Waals surface area contributed by atoms with Crippen LogP contribution in [0.5, 0.6) is 5.75 Å². The maximum absolute atomic E-state index is 10.3. The van der Waals surface area contributed by atoms with E-state index in [4.69, 9.17) is 27.9 Å². The van der Waals surface area contributed by atoms with Crippen LogP contribution in [0.15, 0.2) is 42.5 Å². The van der Waals surface area contributed by atoms with Crippen molar-refractivity contribution in [2.24, 2.45) is 0 Å². The summed E-state index contributed by atoms with van der Waals surface area (Å²) in [6, 6.07) is 13.8. The van der Waals surface area contributed by atoms with E-state index in [1.54, 1.807) is 18.2 Å². The average molecular weight is 396 g/mol. The molecule has 0 radical (unpaired) electrons. The highest BCUT2D eigenvalue weighted by Gasteiger charge is 2.23. The van der Waals surface area contributed by atoms with Crippen LogP contribution < -0.4 is 14.5 Å². The second kappa shape index (κ2) is 8.96. The Morgan fingerprint density at radius 1 is 1.12 bits per heavy atom. The molecule has 6 heteroatoms. The number of benzene rings is 2. The molecule has 4 nitrogen and oxygen atoms in total. The average Bonchev–Trinajstić information content (AvgIpc) is 2.62. The third-order valence-corrected chi connectivity index (χ3v) is 5.25. The zero-order chi connectivity index (χ0) is 18.5. The topological polar surface area (TPSA) is 37.1 Å². The molecule has 0 saturated carbocycles. The molecule has 1 fully saturated rings. The van der Waals surface area contributed by atoms with E-state index in [-0.39, 0.29) is 6.61 Å². The molecule has 2 aromatic rings. The Bertz CT molecular complexity index is 716. The molecule has 0 aliphatic carbocycles. The lowest BCUT2D eigenvalue weighted by molar-refractivity contribution is -0.903. The molecule has 3 rings (SSSR count). The minimum Gasteiger partial charge on any atom is -0.489 e. The van der Waals surface area contributed by atoms with Gasteiger partial charge >= 0.3 is 0 Å². The number of aryl methyl sites for hydroxylation is 1. The lowest BCUT2D eigenvalue weighted by Crippen LogP contribution is -3.16. The van der Waals surface area contributed by atoms with Gasteiger partial charge < -0.3 is 19.6 Å². The Morgan fingerprint density at radius 3 is 2.46 bits per heavy atom. The van der Waals surface area contributed by atoms with Gasteiger partial charge in [0.1, 0.15) is 25.0 Å². The molecule has 0 unspecified atom stereocenters. The number of anilines is 1. The Balaban J connectivity index is 1.43. The van der Waals surface area contributed by atoms with E-state index in [1.807, 2.05) is 0 Å². The zero-order valence-corrected chi connectivity index (χ0v) is 16.4. The summed E-state index contributed by atoms with van der Waals surface area (Å²) >= 11 is 12.0. The molecule has 1 saturated heterocycles. The van der Waals surface area contributed by atoms with E-state index in [9.17, 15) is 5.11 Å². The molecule has 2 N–H and O–H groups in total. The molecule has 0 amide bonds. The minimum atomic E-state index is -0.525. The first-order valence-corrected chi connectivity index (χ1v) is 9.68. The van der Waals surface area contributed by atoms with Crippen molar-refractivity contribution in [2.75, 3.05) is 44.2 Å². The highest BCUT2D eigenvalue weighted by molar-refractivity contribution is 6.35. The van der Waals surface area contributed by atoms with Gasteiger partial charge in [0, 0.05) is 10.7 Å². The molecule has 1 aliphatic heterocycles. The standard InChI is InChI=1S/C20H24Cl2N2O2/c1-15-2-5-17(6-3-15)24-10-8-23(9-11-24)13-18(25)14-26-20-7-4-16(21)12-19(20)22/h2-7,12,18,25H,8-11,13-14H2,1H3/p+1/t18-/m1/s1. The Morgan fingerprint density at radius 2 is 1.81 bits per heavy atom. The van der Waals surface area contributed by atoms with Crippen molar-refractivity contribution in [3.63, 3.8) is 0 Å². The van der Waals surface area contributed by atoms with Crippen LogP contribution in [0.3, 0.4) is 0 Å². The molecule has 1 aliphatic rings. The van der Waals surface area contributed by atoms with Crippen LogP contribution in [-0.4, -0.2) is 50.5 Å². The Kier molecular flexibility index (Phi) is 6.65. The summed E-state index contributed by atoms with van der Waals surface area (Å²) in [7, 11) is 0. The number of piperazine rings is 1. The van der Waals surface area contributed by atoms with Crippen molar-refractivity contribution >= 4 is 28.9 Å².